The first-order valence-electron chi connectivity index (χ1n) is 34.0. The van der Waals surface area contributed by atoms with Crippen LogP contribution in [0.15, 0.2) is 48.5 Å². The minimum atomic E-state index is -1.63. The van der Waals surface area contributed by atoms with Crippen molar-refractivity contribution in [1.82, 2.24) is 42.5 Å². The van der Waals surface area contributed by atoms with Gasteiger partial charge < -0.3 is 61.5 Å². The monoisotopic (exact) mass is 1300 g/mol. The predicted octanol–water partition coefficient (Wildman–Crippen LogP) is 8.89. The van der Waals surface area contributed by atoms with Crippen LogP contribution in [0, 0.1) is 29.6 Å². The summed E-state index contributed by atoms with van der Waals surface area (Å²) in [5.41, 5.74) is 0.457. The molecule has 1 fully saturated rings. The Labute approximate surface area is 553 Å². The highest BCUT2D eigenvalue weighted by molar-refractivity contribution is 5.98. The number of rotatable bonds is 29. The van der Waals surface area contributed by atoms with Crippen molar-refractivity contribution in [2.45, 2.75) is 273 Å². The zero-order valence-corrected chi connectivity index (χ0v) is 58.6. The Morgan fingerprint density at radius 2 is 0.946 bits per heavy atom. The third kappa shape index (κ3) is 29.7. The summed E-state index contributed by atoms with van der Waals surface area (Å²) in [5, 5.41) is 22.6. The molecule has 8 amide bonds. The summed E-state index contributed by atoms with van der Waals surface area (Å²) in [6, 6.07) is 4.13. The quantitative estimate of drug-likeness (QED) is 0.0279. The number of hydrogen-bond donors (Lipinski definition) is 8. The number of cyclic esters (lactones) is 1. The molecule has 2 aromatic rings. The molecule has 1 unspecified atom stereocenters. The number of unbranched alkanes of at least 4 members (excludes halogenated alkanes) is 8. The SMILES string of the molecule is CCCCCCCCCCCC1CC(=O)N[C@@H](CCC(=O)NC(c2ccc(OC)cc2)c2ccc(OC)cc2)C(=O)N[C@@H](CC(C)C)C(=O)N[C@H](CC(C)C)C(=O)N[C@@H](C(C)C)C(=O)N[C@@H](CC(=O)OC(C)(C)C)C(=O)N[C@H](CC(C)C)C(=O)N[C@@H]([C@@H](C)CC)C(=O)O1. The molecule has 522 valence electrons. The Bertz CT molecular complexity index is 2650. The third-order valence-electron chi connectivity index (χ3n) is 16.3. The van der Waals surface area contributed by atoms with Crippen molar-refractivity contribution in [3.63, 3.8) is 0 Å². The summed E-state index contributed by atoms with van der Waals surface area (Å²) in [6.07, 6.45) is 7.05. The molecule has 2 aromatic carbocycles. The summed E-state index contributed by atoms with van der Waals surface area (Å²) in [6.45, 7) is 25.0. The van der Waals surface area contributed by atoms with Crippen LogP contribution < -0.4 is 52.0 Å². The summed E-state index contributed by atoms with van der Waals surface area (Å²) < 4.78 is 22.7. The normalized spacial score (nSPS) is 21.7. The number of nitrogens with one attached hydrogen (secondary N) is 8. The van der Waals surface area contributed by atoms with Crippen molar-refractivity contribution < 1.29 is 66.9 Å². The second-order valence-corrected chi connectivity index (χ2v) is 27.6. The van der Waals surface area contributed by atoms with Crippen molar-refractivity contribution >= 4 is 59.2 Å². The summed E-state index contributed by atoms with van der Waals surface area (Å²) >= 11 is 0. The van der Waals surface area contributed by atoms with Gasteiger partial charge in [0, 0.05) is 6.42 Å². The van der Waals surface area contributed by atoms with Crippen LogP contribution in [0.1, 0.15) is 230 Å². The fraction of sp³-hybridized carbons (Fsp3) is 0.690. The number of amides is 8. The van der Waals surface area contributed by atoms with E-state index >= 15 is 0 Å². The summed E-state index contributed by atoms with van der Waals surface area (Å²) in [7, 11) is 3.10. The van der Waals surface area contributed by atoms with Gasteiger partial charge in [-0.05, 0) is 124 Å². The van der Waals surface area contributed by atoms with Crippen molar-refractivity contribution in [3.8, 4) is 11.5 Å². The average molecular weight is 1300 g/mol. The van der Waals surface area contributed by atoms with Gasteiger partial charge in [0.15, 0.2) is 0 Å². The van der Waals surface area contributed by atoms with E-state index in [4.69, 9.17) is 18.9 Å². The third-order valence-corrected chi connectivity index (χ3v) is 16.3. The summed E-state index contributed by atoms with van der Waals surface area (Å²) in [5.74, 6) is -8.24. The maximum absolute atomic E-state index is 15.0. The predicted molar refractivity (Wildman–Crippen MR) is 358 cm³/mol. The largest absolute Gasteiger partial charge is 0.497 e. The average Bonchev–Trinajstić information content (AvgIpc) is 3.08. The van der Waals surface area contributed by atoms with Gasteiger partial charge in [-0.3, -0.25) is 43.2 Å². The van der Waals surface area contributed by atoms with Crippen LogP contribution in [0.5, 0.6) is 11.5 Å². The molecule has 0 radical (unpaired) electrons. The molecule has 0 saturated carbocycles. The van der Waals surface area contributed by atoms with E-state index < -0.39 is 144 Å². The molecule has 0 aromatic heterocycles. The number of hydrogen-bond acceptors (Lipinski definition) is 14. The minimum absolute atomic E-state index is 0.0579. The molecule has 22 heteroatoms. The lowest BCUT2D eigenvalue weighted by Gasteiger charge is -2.30. The van der Waals surface area contributed by atoms with E-state index in [2.05, 4.69) is 49.5 Å². The number of carbonyl (C=O) groups is 10. The van der Waals surface area contributed by atoms with Gasteiger partial charge in [0.1, 0.15) is 65.5 Å². The van der Waals surface area contributed by atoms with Crippen LogP contribution in [0.4, 0.5) is 0 Å². The van der Waals surface area contributed by atoms with Gasteiger partial charge >= 0.3 is 11.9 Å². The van der Waals surface area contributed by atoms with Crippen molar-refractivity contribution in [2.24, 2.45) is 29.6 Å². The van der Waals surface area contributed by atoms with E-state index in [0.29, 0.717) is 24.3 Å². The van der Waals surface area contributed by atoms with Crippen LogP contribution >= 0.6 is 0 Å². The van der Waals surface area contributed by atoms with E-state index in [9.17, 15) is 47.9 Å². The lowest BCUT2D eigenvalue weighted by Crippen LogP contribution is -2.61. The maximum atomic E-state index is 15.0. The molecule has 0 bridgehead atoms. The Hall–Kier alpha value is -7.26. The van der Waals surface area contributed by atoms with Crippen LogP contribution in [-0.2, 0) is 57.4 Å². The fourth-order valence-corrected chi connectivity index (χ4v) is 11.0. The fourth-order valence-electron chi connectivity index (χ4n) is 11.0. The Morgan fingerprint density at radius 3 is 1.38 bits per heavy atom. The minimum Gasteiger partial charge on any atom is -0.497 e. The highest BCUT2D eigenvalue weighted by atomic mass is 16.6. The highest BCUT2D eigenvalue weighted by Crippen LogP contribution is 2.27. The maximum Gasteiger partial charge on any atom is 0.329 e. The van der Waals surface area contributed by atoms with Gasteiger partial charge in [-0.1, -0.05) is 158 Å². The molecule has 93 heavy (non-hydrogen) atoms. The van der Waals surface area contributed by atoms with Gasteiger partial charge in [0.05, 0.1) is 33.1 Å². The number of methoxy groups -OCH3 is 2. The topological polar surface area (TPSA) is 304 Å². The molecule has 1 aliphatic heterocycles. The summed E-state index contributed by atoms with van der Waals surface area (Å²) in [4.78, 5) is 145. The molecule has 8 N–H and O–H groups in total. The van der Waals surface area contributed by atoms with Crippen molar-refractivity contribution in [3.05, 3.63) is 59.7 Å². The van der Waals surface area contributed by atoms with E-state index in [1.165, 1.54) is 6.42 Å². The van der Waals surface area contributed by atoms with E-state index in [0.717, 1.165) is 56.1 Å². The Kier molecular flexibility index (Phi) is 35.1. The molecule has 0 spiro atoms. The molecule has 1 saturated heterocycles. The molecule has 0 aliphatic carbocycles. The molecule has 1 aliphatic rings. The molecule has 22 nitrogen and oxygen atoms in total. The molecular weight excluding hydrogens is 1190 g/mol. The zero-order chi connectivity index (χ0) is 69.5. The van der Waals surface area contributed by atoms with E-state index in [-0.39, 0.29) is 56.3 Å². The second-order valence-electron chi connectivity index (χ2n) is 27.6. The van der Waals surface area contributed by atoms with Gasteiger partial charge in [-0.25, -0.2) is 4.79 Å². The first-order chi connectivity index (χ1) is 43.9. The Balaban J connectivity index is 2.26. The first-order valence-corrected chi connectivity index (χ1v) is 34.0. The van der Waals surface area contributed by atoms with E-state index in [1.54, 1.807) is 80.0 Å². The number of benzene rings is 2. The van der Waals surface area contributed by atoms with Crippen LogP contribution in [0.2, 0.25) is 0 Å². The molecular formula is C71H114N8O14. The standard InChI is InChI=1S/C71H114N8O14/c1-17-19-20-21-22-23-24-25-26-27-52-41-59(81)72-53(36-37-58(80)77-63(48-28-32-50(90-15)33-29-48)49-30-34-51(91-16)35-31-49)64(83)73-54(38-43(3)4)65(84)74-55(39-44(5)6)67(86)78-61(46(9)10)69(88)76-57(42-60(82)93-71(12,13)14)66(85)75-56(40-45(7)8)68(87)79-62(47(11)18-2)70(89)92-52/h28-35,43-47,52-57,61-63H,17-27,36-42H2,1-16H3,(H,72,81)(H,73,83)(H,74,84)(H,75,85)(H,76,88)(H,77,80)(H,78,86)(H,79,87)/t47-,52?,53-,54-,55+,56+,57-,61-,62-/m0/s1. The van der Waals surface area contributed by atoms with Crippen molar-refractivity contribution in [2.75, 3.05) is 14.2 Å². The van der Waals surface area contributed by atoms with Gasteiger partial charge in [0.25, 0.3) is 0 Å². The highest BCUT2D eigenvalue weighted by Gasteiger charge is 2.39. The zero-order valence-electron chi connectivity index (χ0n) is 58.6. The lowest BCUT2D eigenvalue weighted by atomic mass is 9.97. The molecule has 1 heterocycles. The van der Waals surface area contributed by atoms with Gasteiger partial charge in [0.2, 0.25) is 47.3 Å². The molecule has 3 rings (SSSR count). The van der Waals surface area contributed by atoms with Crippen molar-refractivity contribution in [1.29, 1.82) is 0 Å². The second kappa shape index (κ2) is 40.8. The lowest BCUT2D eigenvalue weighted by molar-refractivity contribution is -0.158. The van der Waals surface area contributed by atoms with Crippen LogP contribution in [-0.4, -0.2) is 127 Å². The molecule has 9 atom stereocenters. The number of esters is 2. The van der Waals surface area contributed by atoms with E-state index in [1.807, 2.05) is 72.7 Å². The van der Waals surface area contributed by atoms with Crippen LogP contribution in [0.3, 0.4) is 0 Å². The van der Waals surface area contributed by atoms with Gasteiger partial charge in [-0.2, -0.15) is 0 Å². The number of ether oxygens (including phenoxy) is 4. The number of carbonyl (C=O) groups excluding carboxylic acids is 10. The van der Waals surface area contributed by atoms with Crippen LogP contribution in [0.25, 0.3) is 0 Å². The Morgan fingerprint density at radius 1 is 0.527 bits per heavy atom. The van der Waals surface area contributed by atoms with Gasteiger partial charge in [-0.15, -0.1) is 0 Å². The smallest absolute Gasteiger partial charge is 0.329 e. The first kappa shape index (κ1) is 80.0.